The number of likely N-dealkylation sites (tertiary alicyclic amines) is 1. The SMILES string of the molecule is NC1CCN(Cc2ccccc2F)CC1. The van der Waals surface area contributed by atoms with Gasteiger partial charge in [-0.15, -0.1) is 0 Å². The summed E-state index contributed by atoms with van der Waals surface area (Å²) in [6, 6.07) is 7.32. The first-order chi connectivity index (χ1) is 7.25. The zero-order chi connectivity index (χ0) is 10.7. The van der Waals surface area contributed by atoms with Crippen LogP contribution in [0.1, 0.15) is 18.4 Å². The van der Waals surface area contributed by atoms with Crippen molar-refractivity contribution in [1.29, 1.82) is 0 Å². The molecule has 1 aromatic carbocycles. The van der Waals surface area contributed by atoms with Crippen molar-refractivity contribution in [2.45, 2.75) is 25.4 Å². The predicted octanol–water partition coefficient (Wildman–Crippen LogP) is 1.75. The molecule has 1 aromatic rings. The standard InChI is InChI=1S/C12H17FN2/c13-12-4-2-1-3-10(12)9-15-7-5-11(14)6-8-15/h1-4,11H,5-9,14H2. The van der Waals surface area contributed by atoms with Gasteiger partial charge in [-0.2, -0.15) is 0 Å². The van der Waals surface area contributed by atoms with Gasteiger partial charge in [-0.25, -0.2) is 4.39 Å². The van der Waals surface area contributed by atoms with E-state index < -0.39 is 0 Å². The first-order valence-corrected chi connectivity index (χ1v) is 5.47. The fraction of sp³-hybridized carbons (Fsp3) is 0.500. The molecule has 1 saturated heterocycles. The number of piperidine rings is 1. The van der Waals surface area contributed by atoms with Gasteiger partial charge in [0.05, 0.1) is 0 Å². The van der Waals surface area contributed by atoms with Crippen molar-refractivity contribution in [3.63, 3.8) is 0 Å². The molecule has 1 aliphatic heterocycles. The predicted molar refractivity (Wildman–Crippen MR) is 58.9 cm³/mol. The molecular formula is C12H17FN2. The van der Waals surface area contributed by atoms with E-state index in [2.05, 4.69) is 4.90 Å². The van der Waals surface area contributed by atoms with E-state index >= 15 is 0 Å². The zero-order valence-corrected chi connectivity index (χ0v) is 8.82. The van der Waals surface area contributed by atoms with Crippen molar-refractivity contribution in [2.75, 3.05) is 13.1 Å². The molecule has 2 N–H and O–H groups in total. The van der Waals surface area contributed by atoms with Crippen LogP contribution >= 0.6 is 0 Å². The molecule has 0 aromatic heterocycles. The molecule has 2 nitrogen and oxygen atoms in total. The first kappa shape index (κ1) is 10.6. The Labute approximate surface area is 89.9 Å². The lowest BCUT2D eigenvalue weighted by Gasteiger charge is -2.30. The lowest BCUT2D eigenvalue weighted by atomic mass is 10.1. The van der Waals surface area contributed by atoms with Crippen LogP contribution in [0.15, 0.2) is 24.3 Å². The Balaban J connectivity index is 1.95. The van der Waals surface area contributed by atoms with E-state index in [-0.39, 0.29) is 5.82 Å². The summed E-state index contributed by atoms with van der Waals surface area (Å²) in [7, 11) is 0. The summed E-state index contributed by atoms with van der Waals surface area (Å²) in [6.45, 7) is 2.67. The summed E-state index contributed by atoms with van der Waals surface area (Å²) in [5.74, 6) is -0.104. The molecule has 15 heavy (non-hydrogen) atoms. The van der Waals surface area contributed by atoms with Gasteiger partial charge in [0.2, 0.25) is 0 Å². The molecule has 0 aliphatic carbocycles. The van der Waals surface area contributed by atoms with Crippen LogP contribution in [0.5, 0.6) is 0 Å². The van der Waals surface area contributed by atoms with Crippen molar-refractivity contribution in [3.05, 3.63) is 35.6 Å². The number of hydrogen-bond acceptors (Lipinski definition) is 2. The minimum Gasteiger partial charge on any atom is -0.328 e. The Morgan fingerprint density at radius 1 is 1.27 bits per heavy atom. The van der Waals surface area contributed by atoms with E-state index in [1.54, 1.807) is 6.07 Å². The van der Waals surface area contributed by atoms with E-state index in [0.717, 1.165) is 31.5 Å². The lowest BCUT2D eigenvalue weighted by molar-refractivity contribution is 0.203. The van der Waals surface area contributed by atoms with E-state index in [4.69, 9.17) is 5.73 Å². The average molecular weight is 208 g/mol. The van der Waals surface area contributed by atoms with Gasteiger partial charge in [0, 0.05) is 18.2 Å². The molecule has 0 unspecified atom stereocenters. The summed E-state index contributed by atoms with van der Waals surface area (Å²) in [6.07, 6.45) is 2.04. The van der Waals surface area contributed by atoms with Gasteiger partial charge in [0.1, 0.15) is 5.82 Å². The van der Waals surface area contributed by atoms with Gasteiger partial charge < -0.3 is 5.73 Å². The van der Waals surface area contributed by atoms with Crippen LogP contribution in [0, 0.1) is 5.82 Å². The summed E-state index contributed by atoms with van der Waals surface area (Å²) < 4.78 is 13.4. The second-order valence-corrected chi connectivity index (χ2v) is 4.20. The highest BCUT2D eigenvalue weighted by molar-refractivity contribution is 5.17. The van der Waals surface area contributed by atoms with Crippen LogP contribution in [0.2, 0.25) is 0 Å². The summed E-state index contributed by atoms with van der Waals surface area (Å²) in [5.41, 5.74) is 6.60. The highest BCUT2D eigenvalue weighted by Crippen LogP contribution is 2.14. The van der Waals surface area contributed by atoms with Crippen LogP contribution in [0.25, 0.3) is 0 Å². The number of rotatable bonds is 2. The fourth-order valence-electron chi connectivity index (χ4n) is 1.98. The second-order valence-electron chi connectivity index (χ2n) is 4.20. The van der Waals surface area contributed by atoms with Crippen molar-refractivity contribution < 1.29 is 4.39 Å². The van der Waals surface area contributed by atoms with E-state index in [0.29, 0.717) is 12.6 Å². The maximum Gasteiger partial charge on any atom is 0.127 e. The van der Waals surface area contributed by atoms with Gasteiger partial charge >= 0.3 is 0 Å². The monoisotopic (exact) mass is 208 g/mol. The lowest BCUT2D eigenvalue weighted by Crippen LogP contribution is -2.39. The molecular weight excluding hydrogens is 191 g/mol. The molecule has 1 aliphatic rings. The molecule has 1 heterocycles. The van der Waals surface area contributed by atoms with Crippen LogP contribution in [-0.4, -0.2) is 24.0 Å². The zero-order valence-electron chi connectivity index (χ0n) is 8.82. The summed E-state index contributed by atoms with van der Waals surface area (Å²) in [5, 5.41) is 0. The molecule has 0 amide bonds. The third kappa shape index (κ3) is 2.76. The first-order valence-electron chi connectivity index (χ1n) is 5.47. The Morgan fingerprint density at radius 2 is 1.93 bits per heavy atom. The molecule has 0 spiro atoms. The third-order valence-corrected chi connectivity index (χ3v) is 2.98. The minimum absolute atomic E-state index is 0.104. The number of nitrogens with zero attached hydrogens (tertiary/aromatic N) is 1. The van der Waals surface area contributed by atoms with Gasteiger partial charge in [-0.3, -0.25) is 4.90 Å². The Morgan fingerprint density at radius 3 is 2.60 bits per heavy atom. The molecule has 0 bridgehead atoms. The maximum atomic E-state index is 13.4. The number of benzene rings is 1. The van der Waals surface area contributed by atoms with Crippen molar-refractivity contribution in [3.8, 4) is 0 Å². The largest absolute Gasteiger partial charge is 0.328 e. The summed E-state index contributed by atoms with van der Waals surface area (Å²) in [4.78, 5) is 2.27. The molecule has 0 radical (unpaired) electrons. The molecule has 3 heteroatoms. The quantitative estimate of drug-likeness (QED) is 0.802. The highest BCUT2D eigenvalue weighted by atomic mass is 19.1. The fourth-order valence-corrected chi connectivity index (χ4v) is 1.98. The second kappa shape index (κ2) is 4.73. The molecule has 1 fully saturated rings. The van der Waals surface area contributed by atoms with Gasteiger partial charge in [0.25, 0.3) is 0 Å². The van der Waals surface area contributed by atoms with Gasteiger partial charge in [-0.05, 0) is 32.0 Å². The van der Waals surface area contributed by atoms with Gasteiger partial charge in [0.15, 0.2) is 0 Å². The number of halogens is 1. The van der Waals surface area contributed by atoms with Crippen LogP contribution in [0.3, 0.4) is 0 Å². The maximum absolute atomic E-state index is 13.4. The molecule has 0 saturated carbocycles. The van der Waals surface area contributed by atoms with E-state index in [9.17, 15) is 4.39 Å². The topological polar surface area (TPSA) is 29.3 Å². The minimum atomic E-state index is -0.104. The number of nitrogens with two attached hydrogens (primary N) is 1. The highest BCUT2D eigenvalue weighted by Gasteiger charge is 2.16. The average Bonchev–Trinajstić information content (AvgIpc) is 2.25. The van der Waals surface area contributed by atoms with Crippen molar-refractivity contribution in [2.24, 2.45) is 5.73 Å². The van der Waals surface area contributed by atoms with Crippen LogP contribution in [0.4, 0.5) is 4.39 Å². The molecule has 0 atom stereocenters. The number of hydrogen-bond donors (Lipinski definition) is 1. The third-order valence-electron chi connectivity index (χ3n) is 2.98. The van der Waals surface area contributed by atoms with E-state index in [1.807, 2.05) is 12.1 Å². The normalized spacial score (nSPS) is 19.3. The van der Waals surface area contributed by atoms with Crippen molar-refractivity contribution >= 4 is 0 Å². The molecule has 2 rings (SSSR count). The van der Waals surface area contributed by atoms with Crippen LogP contribution in [-0.2, 0) is 6.54 Å². The van der Waals surface area contributed by atoms with E-state index in [1.165, 1.54) is 6.07 Å². The van der Waals surface area contributed by atoms with Crippen LogP contribution < -0.4 is 5.73 Å². The Kier molecular flexibility index (Phi) is 3.34. The smallest absolute Gasteiger partial charge is 0.127 e. The molecule has 82 valence electrons. The Bertz CT molecular complexity index is 319. The summed E-state index contributed by atoms with van der Waals surface area (Å²) >= 11 is 0. The van der Waals surface area contributed by atoms with Gasteiger partial charge in [-0.1, -0.05) is 18.2 Å². The van der Waals surface area contributed by atoms with Crippen molar-refractivity contribution in [1.82, 2.24) is 4.90 Å². The Hall–Kier alpha value is -0.930.